The van der Waals surface area contributed by atoms with Gasteiger partial charge in [-0.25, -0.2) is 0 Å². The van der Waals surface area contributed by atoms with Gasteiger partial charge < -0.3 is 23.4 Å². The number of nitrogens with zero attached hydrogens (tertiary/aromatic N) is 1. The summed E-state index contributed by atoms with van der Waals surface area (Å²) in [5.74, 6) is 0. The zero-order chi connectivity index (χ0) is 23.8. The molecule has 0 aliphatic rings. The number of hydrogen-bond acceptors (Lipinski definition) is 6. The van der Waals surface area contributed by atoms with Crippen LogP contribution in [0.2, 0.25) is 0 Å². The second-order valence-electron chi connectivity index (χ2n) is 9.49. The molecule has 0 aromatic carbocycles. The predicted molar refractivity (Wildman–Crippen MR) is 125 cm³/mol. The fourth-order valence-electron chi connectivity index (χ4n) is 3.16. The van der Waals surface area contributed by atoms with E-state index in [1.165, 1.54) is 58.5 Å². The summed E-state index contributed by atoms with van der Waals surface area (Å²) in [6.45, 7) is 6.64. The van der Waals surface area contributed by atoms with E-state index >= 15 is 0 Å². The van der Waals surface area contributed by atoms with Crippen molar-refractivity contribution in [2.45, 2.75) is 110 Å². The van der Waals surface area contributed by atoms with Crippen LogP contribution < -0.4 is 4.89 Å². The van der Waals surface area contributed by atoms with E-state index in [9.17, 15) is 9.46 Å². The molecule has 0 bridgehead atoms. The van der Waals surface area contributed by atoms with Gasteiger partial charge >= 0.3 is 0 Å². The van der Waals surface area contributed by atoms with Crippen LogP contribution in [0.3, 0.4) is 0 Å². The van der Waals surface area contributed by atoms with Crippen LogP contribution in [0.5, 0.6) is 0 Å². The van der Waals surface area contributed by atoms with Crippen LogP contribution in [-0.4, -0.2) is 64.4 Å². The number of ether oxygens (including phenoxy) is 2. The molecule has 4 unspecified atom stereocenters. The summed E-state index contributed by atoms with van der Waals surface area (Å²) >= 11 is 0. The fourth-order valence-corrected chi connectivity index (χ4v) is 4.00. The minimum Gasteiger partial charge on any atom is -0.756 e. The van der Waals surface area contributed by atoms with E-state index in [4.69, 9.17) is 18.5 Å². The van der Waals surface area contributed by atoms with Crippen LogP contribution in [0, 0.1) is 0 Å². The third kappa shape index (κ3) is 18.1. The van der Waals surface area contributed by atoms with Crippen molar-refractivity contribution in [3.8, 4) is 0 Å². The first kappa shape index (κ1) is 31.0. The van der Waals surface area contributed by atoms with E-state index in [-0.39, 0.29) is 12.7 Å². The molecule has 0 spiro atoms. The molecule has 0 heterocycles. The molecule has 0 saturated heterocycles. The molecule has 0 N–H and O–H groups in total. The Balaban J connectivity index is 4.41. The lowest BCUT2D eigenvalue weighted by atomic mass is 10.0. The molecule has 7 nitrogen and oxygen atoms in total. The van der Waals surface area contributed by atoms with Gasteiger partial charge in [-0.3, -0.25) is 9.09 Å². The topological polar surface area (TPSA) is 77.1 Å². The molecule has 0 aromatic heterocycles. The highest BCUT2D eigenvalue weighted by Gasteiger charge is 2.27. The molecular weight excluding hydrogens is 417 g/mol. The maximum atomic E-state index is 12.3. The number of unbranched alkanes of at least 4 members (excludes halogenated alkanes) is 8. The first-order valence-corrected chi connectivity index (χ1v) is 13.6. The number of quaternary nitrogens is 1. The summed E-state index contributed by atoms with van der Waals surface area (Å²) < 4.78 is 34.5. The van der Waals surface area contributed by atoms with Crippen LogP contribution in [0.25, 0.3) is 0 Å². The first-order chi connectivity index (χ1) is 14.5. The van der Waals surface area contributed by atoms with Crippen molar-refractivity contribution in [1.29, 1.82) is 0 Å². The van der Waals surface area contributed by atoms with E-state index in [0.717, 1.165) is 19.3 Å². The van der Waals surface area contributed by atoms with Crippen LogP contribution >= 0.6 is 7.82 Å². The summed E-state index contributed by atoms with van der Waals surface area (Å²) in [7, 11) is 2.94. The van der Waals surface area contributed by atoms with Gasteiger partial charge in [-0.15, -0.1) is 0 Å². The SMILES string of the molecule is CCCCCCCCCCCC(CC)OC(OP(=O)([O-])OCC[N+](C)(C)C)C(C)OC. The highest BCUT2D eigenvalue weighted by Crippen LogP contribution is 2.41. The van der Waals surface area contributed by atoms with Gasteiger partial charge in [0, 0.05) is 7.11 Å². The van der Waals surface area contributed by atoms with E-state index in [1.807, 2.05) is 28.1 Å². The first-order valence-electron chi connectivity index (χ1n) is 12.2. The number of phosphoric acid groups is 1. The second kappa shape index (κ2) is 17.5. The lowest BCUT2D eigenvalue weighted by Gasteiger charge is -2.33. The molecule has 0 saturated carbocycles. The zero-order valence-electron chi connectivity index (χ0n) is 21.3. The highest BCUT2D eigenvalue weighted by molar-refractivity contribution is 7.45. The Morgan fingerprint density at radius 3 is 1.97 bits per heavy atom. The highest BCUT2D eigenvalue weighted by atomic mass is 31.2. The largest absolute Gasteiger partial charge is 0.756 e. The van der Waals surface area contributed by atoms with Gasteiger partial charge in [0.2, 0.25) is 0 Å². The van der Waals surface area contributed by atoms with Gasteiger partial charge in [0.15, 0.2) is 6.29 Å². The number of likely N-dealkylation sites (N-methyl/N-ethyl adjacent to an activating group) is 1. The van der Waals surface area contributed by atoms with Crippen molar-refractivity contribution in [3.05, 3.63) is 0 Å². The van der Waals surface area contributed by atoms with Gasteiger partial charge in [0.25, 0.3) is 7.82 Å². The van der Waals surface area contributed by atoms with Gasteiger partial charge in [0.1, 0.15) is 19.3 Å². The maximum absolute atomic E-state index is 12.3. The molecule has 31 heavy (non-hydrogen) atoms. The Labute approximate surface area is 192 Å². The lowest BCUT2D eigenvalue weighted by Crippen LogP contribution is -2.38. The van der Waals surface area contributed by atoms with E-state index < -0.39 is 20.2 Å². The monoisotopic (exact) mass is 467 g/mol. The fraction of sp³-hybridized carbons (Fsp3) is 1.00. The molecule has 0 aromatic rings. The Morgan fingerprint density at radius 1 is 0.935 bits per heavy atom. The molecule has 0 radical (unpaired) electrons. The second-order valence-corrected chi connectivity index (χ2v) is 10.9. The summed E-state index contributed by atoms with van der Waals surface area (Å²) in [4.78, 5) is 12.3. The molecular formula is C23H50NO6P. The Hall–Kier alpha value is -0.0100. The Morgan fingerprint density at radius 2 is 1.48 bits per heavy atom. The van der Waals surface area contributed by atoms with Crippen LogP contribution in [-0.2, 0) is 23.1 Å². The standard InChI is InChI=1S/C23H50NO6P/c1-8-10-11-12-13-14-15-16-17-18-22(9-2)29-23(21(3)27-7)30-31(25,26)28-20-19-24(4,5)6/h21-23H,8-20H2,1-7H3. The third-order valence-electron chi connectivity index (χ3n) is 5.41. The number of hydrogen-bond donors (Lipinski definition) is 0. The van der Waals surface area contributed by atoms with E-state index in [2.05, 4.69) is 6.92 Å². The van der Waals surface area contributed by atoms with Crippen molar-refractivity contribution >= 4 is 7.82 Å². The molecule has 0 aliphatic heterocycles. The lowest BCUT2D eigenvalue weighted by molar-refractivity contribution is -0.870. The Kier molecular flexibility index (Phi) is 17.5. The molecule has 4 atom stereocenters. The number of methoxy groups -OCH3 is 1. The zero-order valence-corrected chi connectivity index (χ0v) is 22.2. The maximum Gasteiger partial charge on any atom is 0.270 e. The molecule has 8 heteroatoms. The average Bonchev–Trinajstić information content (AvgIpc) is 2.68. The van der Waals surface area contributed by atoms with Crippen LogP contribution in [0.15, 0.2) is 0 Å². The van der Waals surface area contributed by atoms with Gasteiger partial charge in [0.05, 0.1) is 27.2 Å². The number of rotatable bonds is 21. The predicted octanol–water partition coefficient (Wildman–Crippen LogP) is 5.27. The van der Waals surface area contributed by atoms with E-state index in [1.54, 1.807) is 6.92 Å². The third-order valence-corrected chi connectivity index (χ3v) is 6.38. The van der Waals surface area contributed by atoms with Crippen molar-refractivity contribution in [3.63, 3.8) is 0 Å². The summed E-state index contributed by atoms with van der Waals surface area (Å²) in [5.41, 5.74) is 0. The summed E-state index contributed by atoms with van der Waals surface area (Å²) in [6.07, 6.45) is 11.5. The quantitative estimate of drug-likeness (QED) is 0.0990. The van der Waals surface area contributed by atoms with Crippen molar-refractivity contribution < 1.29 is 32.5 Å². The molecule has 188 valence electrons. The van der Waals surface area contributed by atoms with Crippen molar-refractivity contribution in [2.24, 2.45) is 0 Å². The number of phosphoric ester groups is 1. The average molecular weight is 468 g/mol. The van der Waals surface area contributed by atoms with Gasteiger partial charge in [-0.1, -0.05) is 71.6 Å². The van der Waals surface area contributed by atoms with Crippen molar-refractivity contribution in [2.75, 3.05) is 41.4 Å². The van der Waals surface area contributed by atoms with Crippen LogP contribution in [0.1, 0.15) is 91.4 Å². The minimum absolute atomic E-state index is 0.0635. The molecule has 0 amide bonds. The smallest absolute Gasteiger partial charge is 0.270 e. The van der Waals surface area contributed by atoms with Crippen molar-refractivity contribution in [1.82, 2.24) is 0 Å². The van der Waals surface area contributed by atoms with Gasteiger partial charge in [-0.05, 0) is 19.8 Å². The summed E-state index contributed by atoms with van der Waals surface area (Å²) in [6, 6.07) is 0. The summed E-state index contributed by atoms with van der Waals surface area (Å²) in [5, 5.41) is 0. The minimum atomic E-state index is -4.49. The van der Waals surface area contributed by atoms with Gasteiger partial charge in [-0.2, -0.15) is 0 Å². The van der Waals surface area contributed by atoms with Crippen LogP contribution in [0.4, 0.5) is 0 Å². The van der Waals surface area contributed by atoms with E-state index in [0.29, 0.717) is 11.0 Å². The molecule has 0 fully saturated rings. The normalized spacial score (nSPS) is 17.3. The molecule has 0 rings (SSSR count). The molecule has 0 aliphatic carbocycles. The Bertz CT molecular complexity index is 471.